The van der Waals surface area contributed by atoms with E-state index in [9.17, 15) is 9.59 Å². The predicted octanol–water partition coefficient (Wildman–Crippen LogP) is 2.04. The van der Waals surface area contributed by atoms with Crippen molar-refractivity contribution in [3.8, 4) is 0 Å². The van der Waals surface area contributed by atoms with Gasteiger partial charge in [-0.1, -0.05) is 13.8 Å². The van der Waals surface area contributed by atoms with Crippen LogP contribution in [-0.4, -0.2) is 44.3 Å². The summed E-state index contributed by atoms with van der Waals surface area (Å²) in [5, 5.41) is 8.20. The number of alkyl carbamates (subject to hydrolysis) is 1. The maximum absolute atomic E-state index is 11.7. The second-order valence-electron chi connectivity index (χ2n) is 5.41. The third kappa shape index (κ3) is 13.4. The van der Waals surface area contributed by atoms with E-state index in [2.05, 4.69) is 16.0 Å². The molecular formula is C15H33N3O3. The van der Waals surface area contributed by atoms with Crippen LogP contribution in [0.3, 0.4) is 0 Å². The van der Waals surface area contributed by atoms with E-state index in [0.717, 1.165) is 19.4 Å². The molecule has 0 aromatic rings. The number of carbonyl (C=O) groups excluding carboxylic acids is 2. The van der Waals surface area contributed by atoms with Crippen molar-refractivity contribution in [3.63, 3.8) is 0 Å². The maximum Gasteiger partial charge on any atom is 0.408 e. The van der Waals surface area contributed by atoms with Crippen molar-refractivity contribution < 1.29 is 14.3 Å². The number of ether oxygens (including phenoxy) is 1. The van der Waals surface area contributed by atoms with Gasteiger partial charge < -0.3 is 20.7 Å². The monoisotopic (exact) mass is 303 g/mol. The van der Waals surface area contributed by atoms with Crippen LogP contribution in [0.25, 0.3) is 0 Å². The molecule has 0 aromatic heterocycles. The molecule has 0 aliphatic heterocycles. The van der Waals surface area contributed by atoms with Crippen LogP contribution < -0.4 is 16.0 Å². The Bertz CT molecular complexity index is 288. The summed E-state index contributed by atoms with van der Waals surface area (Å²) in [6.07, 6.45) is 1.85. The first-order chi connectivity index (χ1) is 9.80. The van der Waals surface area contributed by atoms with Crippen LogP contribution in [0.1, 0.15) is 53.9 Å². The van der Waals surface area contributed by atoms with Crippen molar-refractivity contribution >= 4 is 12.0 Å². The second kappa shape index (κ2) is 12.4. The van der Waals surface area contributed by atoms with Crippen molar-refractivity contribution in [3.05, 3.63) is 0 Å². The molecule has 2 amide bonds. The molecule has 0 fully saturated rings. The molecule has 1 atom stereocenters. The summed E-state index contributed by atoms with van der Waals surface area (Å²) in [7, 11) is 3.44. The molecule has 0 rings (SSSR count). The fourth-order valence-electron chi connectivity index (χ4n) is 1.54. The standard InChI is InChI=1S/C13H27N3O3.C2H6/c1-13(2,3)19-12(18)16-10(11(17)15-5)8-6-7-9-14-4;1-2/h10,14H,6-9H2,1-5H3,(H,15,17)(H,16,18);1-2H3. The van der Waals surface area contributed by atoms with Crippen LogP contribution in [0.2, 0.25) is 0 Å². The zero-order valence-corrected chi connectivity index (χ0v) is 14.6. The summed E-state index contributed by atoms with van der Waals surface area (Å²) in [5.41, 5.74) is -0.566. The Morgan fingerprint density at radius 1 is 1.10 bits per heavy atom. The first-order valence-electron chi connectivity index (χ1n) is 7.66. The molecule has 6 nitrogen and oxygen atoms in total. The fourth-order valence-corrected chi connectivity index (χ4v) is 1.54. The van der Waals surface area contributed by atoms with E-state index in [1.54, 1.807) is 27.8 Å². The Hall–Kier alpha value is -1.30. The lowest BCUT2D eigenvalue weighted by molar-refractivity contribution is -0.122. The van der Waals surface area contributed by atoms with Gasteiger partial charge in [-0.15, -0.1) is 0 Å². The van der Waals surface area contributed by atoms with Gasteiger partial charge >= 0.3 is 6.09 Å². The Morgan fingerprint density at radius 2 is 1.67 bits per heavy atom. The first-order valence-corrected chi connectivity index (χ1v) is 7.66. The molecule has 3 N–H and O–H groups in total. The van der Waals surface area contributed by atoms with Crippen molar-refractivity contribution in [1.29, 1.82) is 0 Å². The summed E-state index contributed by atoms with van der Waals surface area (Å²) in [4.78, 5) is 23.3. The minimum Gasteiger partial charge on any atom is -0.444 e. The Balaban J connectivity index is 0. The summed E-state index contributed by atoms with van der Waals surface area (Å²) in [6.45, 7) is 10.3. The SMILES string of the molecule is CC.CNCCCCC(NC(=O)OC(C)(C)C)C(=O)NC. The number of likely N-dealkylation sites (N-methyl/N-ethyl adjacent to an activating group) is 1. The Kier molecular flexibility index (Phi) is 13.0. The molecule has 0 bridgehead atoms. The molecule has 6 heteroatoms. The number of amides is 2. The van der Waals surface area contributed by atoms with Gasteiger partial charge in [0.2, 0.25) is 5.91 Å². The van der Waals surface area contributed by atoms with E-state index >= 15 is 0 Å². The lowest BCUT2D eigenvalue weighted by atomic mass is 10.1. The van der Waals surface area contributed by atoms with Gasteiger partial charge in [-0.05, 0) is 53.6 Å². The normalized spacial score (nSPS) is 11.8. The largest absolute Gasteiger partial charge is 0.444 e. The minimum atomic E-state index is -0.566. The van der Waals surface area contributed by atoms with Gasteiger partial charge in [0.25, 0.3) is 0 Å². The van der Waals surface area contributed by atoms with Crippen LogP contribution in [0, 0.1) is 0 Å². The van der Waals surface area contributed by atoms with E-state index in [1.165, 1.54) is 0 Å². The Labute approximate surface area is 129 Å². The number of carbonyl (C=O) groups is 2. The highest BCUT2D eigenvalue weighted by molar-refractivity contribution is 5.85. The molecule has 1 unspecified atom stereocenters. The minimum absolute atomic E-state index is 0.199. The predicted molar refractivity (Wildman–Crippen MR) is 86.4 cm³/mol. The van der Waals surface area contributed by atoms with Crippen LogP contribution in [-0.2, 0) is 9.53 Å². The molecule has 0 aliphatic rings. The molecule has 0 heterocycles. The molecule has 0 radical (unpaired) electrons. The highest BCUT2D eigenvalue weighted by atomic mass is 16.6. The zero-order valence-electron chi connectivity index (χ0n) is 14.6. The van der Waals surface area contributed by atoms with E-state index in [-0.39, 0.29) is 5.91 Å². The number of rotatable bonds is 7. The zero-order chi connectivity index (χ0) is 16.9. The second-order valence-corrected chi connectivity index (χ2v) is 5.41. The van der Waals surface area contributed by atoms with E-state index in [0.29, 0.717) is 6.42 Å². The van der Waals surface area contributed by atoms with Crippen molar-refractivity contribution in [2.24, 2.45) is 0 Å². The highest BCUT2D eigenvalue weighted by Gasteiger charge is 2.23. The molecule has 126 valence electrons. The van der Waals surface area contributed by atoms with Gasteiger partial charge in [0.05, 0.1) is 0 Å². The van der Waals surface area contributed by atoms with E-state index < -0.39 is 17.7 Å². The summed E-state index contributed by atoms with van der Waals surface area (Å²) < 4.78 is 5.15. The van der Waals surface area contributed by atoms with Gasteiger partial charge in [0.15, 0.2) is 0 Å². The highest BCUT2D eigenvalue weighted by Crippen LogP contribution is 2.08. The van der Waals surface area contributed by atoms with Crippen LogP contribution in [0.4, 0.5) is 4.79 Å². The number of hydrogen-bond acceptors (Lipinski definition) is 4. The lowest BCUT2D eigenvalue weighted by Crippen LogP contribution is -2.47. The van der Waals surface area contributed by atoms with Crippen LogP contribution in [0.15, 0.2) is 0 Å². The molecule has 0 aliphatic carbocycles. The smallest absolute Gasteiger partial charge is 0.408 e. The van der Waals surface area contributed by atoms with Crippen molar-refractivity contribution in [1.82, 2.24) is 16.0 Å². The van der Waals surface area contributed by atoms with Gasteiger partial charge in [-0.2, -0.15) is 0 Å². The topological polar surface area (TPSA) is 79.5 Å². The van der Waals surface area contributed by atoms with E-state index in [1.807, 2.05) is 20.9 Å². The molecule has 0 saturated carbocycles. The molecule has 0 spiro atoms. The van der Waals surface area contributed by atoms with Crippen molar-refractivity contribution in [2.75, 3.05) is 20.6 Å². The summed E-state index contributed by atoms with van der Waals surface area (Å²) in [6, 6.07) is -0.545. The fraction of sp³-hybridized carbons (Fsp3) is 0.867. The molecule has 21 heavy (non-hydrogen) atoms. The molecule has 0 saturated heterocycles. The third-order valence-electron chi connectivity index (χ3n) is 2.42. The number of unbranched alkanes of at least 4 members (excludes halogenated alkanes) is 1. The maximum atomic E-state index is 11.7. The molecule has 0 aromatic carbocycles. The summed E-state index contributed by atoms with van der Waals surface area (Å²) in [5.74, 6) is -0.199. The Morgan fingerprint density at radius 3 is 2.10 bits per heavy atom. The summed E-state index contributed by atoms with van der Waals surface area (Å²) >= 11 is 0. The molecular weight excluding hydrogens is 270 g/mol. The quantitative estimate of drug-likeness (QED) is 0.629. The third-order valence-corrected chi connectivity index (χ3v) is 2.42. The van der Waals surface area contributed by atoms with Crippen LogP contribution >= 0.6 is 0 Å². The van der Waals surface area contributed by atoms with Gasteiger partial charge in [0.1, 0.15) is 11.6 Å². The van der Waals surface area contributed by atoms with E-state index in [4.69, 9.17) is 4.74 Å². The van der Waals surface area contributed by atoms with Gasteiger partial charge in [0, 0.05) is 7.05 Å². The number of hydrogen-bond donors (Lipinski definition) is 3. The van der Waals surface area contributed by atoms with Gasteiger partial charge in [-0.3, -0.25) is 4.79 Å². The first kappa shape index (κ1) is 22.0. The van der Waals surface area contributed by atoms with Crippen LogP contribution in [0.5, 0.6) is 0 Å². The van der Waals surface area contributed by atoms with Gasteiger partial charge in [-0.25, -0.2) is 4.79 Å². The average Bonchev–Trinajstić information content (AvgIpc) is 2.41. The van der Waals surface area contributed by atoms with Crippen molar-refractivity contribution in [2.45, 2.75) is 65.5 Å². The lowest BCUT2D eigenvalue weighted by Gasteiger charge is -2.23. The average molecular weight is 303 g/mol. The number of nitrogens with one attached hydrogen (secondary N) is 3.